The fraction of sp³-hybridized carbons (Fsp3) is 0.632. The van der Waals surface area contributed by atoms with Gasteiger partial charge in [-0.1, -0.05) is 12.5 Å². The quantitative estimate of drug-likeness (QED) is 0.240. The number of anilines is 1. The molecule has 1 saturated carbocycles. The first-order valence-corrected chi connectivity index (χ1v) is 11.1. The summed E-state index contributed by atoms with van der Waals surface area (Å²) in [6.07, 6.45) is 4.54. The average molecular weight is 542 g/mol. The number of halogens is 2. The van der Waals surface area contributed by atoms with Gasteiger partial charge in [0.15, 0.2) is 5.96 Å². The van der Waals surface area contributed by atoms with Crippen molar-refractivity contribution in [2.45, 2.75) is 32.6 Å². The van der Waals surface area contributed by atoms with Crippen molar-refractivity contribution in [3.05, 3.63) is 29.6 Å². The zero-order valence-corrected chi connectivity index (χ0v) is 20.4. The Balaban J connectivity index is 0.00000420. The van der Waals surface area contributed by atoms with Gasteiger partial charge in [0.25, 0.3) is 0 Å². The lowest BCUT2D eigenvalue weighted by Gasteiger charge is -2.42. The summed E-state index contributed by atoms with van der Waals surface area (Å²) in [5.74, 6) is -0.0283. The lowest BCUT2D eigenvalue weighted by molar-refractivity contribution is 0.0733. The molecule has 29 heavy (non-hydrogen) atoms. The Labute approximate surface area is 190 Å². The van der Waals surface area contributed by atoms with E-state index in [0.29, 0.717) is 11.5 Å². The molecular formula is C19H32FIN4O3S. The molecule has 1 aliphatic carbocycles. The van der Waals surface area contributed by atoms with Gasteiger partial charge in [0.05, 0.1) is 11.4 Å². The van der Waals surface area contributed by atoms with Gasteiger partial charge in [0.1, 0.15) is 5.82 Å². The monoisotopic (exact) mass is 542 g/mol. The predicted molar refractivity (Wildman–Crippen MR) is 126 cm³/mol. The smallest absolute Gasteiger partial charge is 0.234 e. The summed E-state index contributed by atoms with van der Waals surface area (Å²) in [7, 11) is -0.235. The van der Waals surface area contributed by atoms with Gasteiger partial charge in [0, 0.05) is 33.9 Å². The van der Waals surface area contributed by atoms with Crippen molar-refractivity contribution < 1.29 is 17.5 Å². The lowest BCUT2D eigenvalue weighted by atomic mass is 9.67. The summed E-state index contributed by atoms with van der Waals surface area (Å²) < 4.78 is 45.6. The number of benzene rings is 1. The fourth-order valence-corrected chi connectivity index (χ4v) is 4.15. The highest BCUT2D eigenvalue weighted by atomic mass is 127. The molecule has 0 aliphatic heterocycles. The van der Waals surface area contributed by atoms with E-state index in [0.717, 1.165) is 32.4 Å². The van der Waals surface area contributed by atoms with E-state index in [4.69, 9.17) is 4.74 Å². The van der Waals surface area contributed by atoms with Gasteiger partial charge in [-0.05, 0) is 49.3 Å². The van der Waals surface area contributed by atoms with Crippen molar-refractivity contribution in [1.82, 2.24) is 10.6 Å². The zero-order valence-electron chi connectivity index (χ0n) is 17.3. The molecule has 166 valence electrons. The van der Waals surface area contributed by atoms with Crippen LogP contribution >= 0.6 is 24.0 Å². The number of hydrogen-bond donors (Lipinski definition) is 3. The third kappa shape index (κ3) is 8.25. The van der Waals surface area contributed by atoms with Crippen molar-refractivity contribution >= 4 is 45.6 Å². The van der Waals surface area contributed by atoms with E-state index in [1.807, 2.05) is 0 Å². The maximum Gasteiger partial charge on any atom is 0.234 e. The van der Waals surface area contributed by atoms with Crippen LogP contribution in [0.2, 0.25) is 0 Å². The first-order valence-electron chi connectivity index (χ1n) is 9.49. The van der Waals surface area contributed by atoms with Gasteiger partial charge in [0.2, 0.25) is 10.0 Å². The van der Waals surface area contributed by atoms with Crippen LogP contribution in [0.5, 0.6) is 0 Å². The highest BCUT2D eigenvalue weighted by Crippen LogP contribution is 2.43. The minimum atomic E-state index is -3.60. The van der Waals surface area contributed by atoms with Crippen LogP contribution in [-0.4, -0.2) is 54.0 Å². The number of nitrogens with zero attached hydrogens (tertiary/aromatic N) is 1. The SMILES string of the molecule is CN=C(NCCS(=O)(=O)Nc1ccc(C)c(F)c1)NCC1(CCOC)CCC1.I. The lowest BCUT2D eigenvalue weighted by Crippen LogP contribution is -2.47. The third-order valence-electron chi connectivity index (χ3n) is 5.21. The number of aryl methyl sites for hydroxylation is 1. The van der Waals surface area contributed by atoms with Gasteiger partial charge in [-0.15, -0.1) is 24.0 Å². The average Bonchev–Trinajstić information content (AvgIpc) is 2.61. The van der Waals surface area contributed by atoms with Crippen LogP contribution < -0.4 is 15.4 Å². The normalized spacial score (nSPS) is 15.8. The molecule has 7 nitrogen and oxygen atoms in total. The molecule has 3 N–H and O–H groups in total. The molecule has 0 bridgehead atoms. The molecule has 1 aliphatic rings. The molecule has 0 amide bonds. The van der Waals surface area contributed by atoms with Gasteiger partial charge in [-0.3, -0.25) is 9.71 Å². The fourth-order valence-electron chi connectivity index (χ4n) is 3.19. The number of nitrogens with one attached hydrogen (secondary N) is 3. The van der Waals surface area contributed by atoms with Crippen molar-refractivity contribution in [2.24, 2.45) is 10.4 Å². The van der Waals surface area contributed by atoms with Crippen LogP contribution in [0.4, 0.5) is 10.1 Å². The Morgan fingerprint density at radius 2 is 2.03 bits per heavy atom. The maximum absolute atomic E-state index is 13.6. The Hall–Kier alpha value is -1.14. The Morgan fingerprint density at radius 3 is 2.59 bits per heavy atom. The van der Waals surface area contributed by atoms with Gasteiger partial charge in [-0.25, -0.2) is 12.8 Å². The number of methoxy groups -OCH3 is 1. The molecule has 0 heterocycles. The molecule has 0 aromatic heterocycles. The molecular weight excluding hydrogens is 510 g/mol. The van der Waals surface area contributed by atoms with Crippen molar-refractivity contribution in [3.63, 3.8) is 0 Å². The van der Waals surface area contributed by atoms with Crippen molar-refractivity contribution in [1.29, 1.82) is 0 Å². The Kier molecular flexibility index (Phi) is 10.6. The maximum atomic E-state index is 13.6. The summed E-state index contributed by atoms with van der Waals surface area (Å²) in [6.45, 7) is 3.33. The molecule has 0 unspecified atom stereocenters. The second-order valence-corrected chi connectivity index (χ2v) is 9.18. The standard InChI is InChI=1S/C19H31FN4O3S.HI/c1-15-5-6-16(13-17(15)20)24-28(25,26)12-10-22-18(21-2)23-14-19(7-4-8-19)9-11-27-3;/h5-6,13,24H,4,7-12,14H2,1-3H3,(H2,21,22,23);1H. The van der Waals surface area contributed by atoms with Gasteiger partial charge < -0.3 is 15.4 Å². The number of hydrogen-bond acceptors (Lipinski definition) is 4. The van der Waals surface area contributed by atoms with Crippen LogP contribution in [0, 0.1) is 18.2 Å². The van der Waals surface area contributed by atoms with Crippen LogP contribution in [0.3, 0.4) is 0 Å². The summed E-state index contributed by atoms with van der Waals surface area (Å²) >= 11 is 0. The van der Waals surface area contributed by atoms with Crippen molar-refractivity contribution in [2.75, 3.05) is 44.3 Å². The molecule has 0 spiro atoms. The number of sulfonamides is 1. The van der Waals surface area contributed by atoms with E-state index < -0.39 is 15.8 Å². The third-order valence-corrected chi connectivity index (χ3v) is 6.50. The van der Waals surface area contributed by atoms with Gasteiger partial charge in [-0.2, -0.15) is 0 Å². The number of guanidine groups is 1. The van der Waals surface area contributed by atoms with E-state index >= 15 is 0 Å². The minimum Gasteiger partial charge on any atom is -0.385 e. The molecule has 0 atom stereocenters. The van der Waals surface area contributed by atoms with Crippen molar-refractivity contribution in [3.8, 4) is 0 Å². The summed E-state index contributed by atoms with van der Waals surface area (Å²) in [6, 6.07) is 4.26. The highest BCUT2D eigenvalue weighted by molar-refractivity contribution is 14.0. The molecule has 1 aromatic carbocycles. The Morgan fingerprint density at radius 1 is 1.31 bits per heavy atom. The highest BCUT2D eigenvalue weighted by Gasteiger charge is 2.36. The zero-order chi connectivity index (χ0) is 20.6. The van der Waals surface area contributed by atoms with E-state index in [2.05, 4.69) is 20.3 Å². The van der Waals surface area contributed by atoms with E-state index in [1.165, 1.54) is 18.6 Å². The molecule has 2 rings (SSSR count). The van der Waals surface area contributed by atoms with Gasteiger partial charge >= 0.3 is 0 Å². The van der Waals surface area contributed by atoms with E-state index in [1.54, 1.807) is 27.1 Å². The summed E-state index contributed by atoms with van der Waals surface area (Å²) in [5.41, 5.74) is 0.918. The number of aliphatic imine (C=N–C) groups is 1. The number of ether oxygens (including phenoxy) is 1. The molecule has 0 saturated heterocycles. The minimum absolute atomic E-state index is 0. The predicted octanol–water partition coefficient (Wildman–Crippen LogP) is 2.87. The van der Waals surface area contributed by atoms with Crippen LogP contribution in [-0.2, 0) is 14.8 Å². The topological polar surface area (TPSA) is 91.8 Å². The summed E-state index contributed by atoms with van der Waals surface area (Å²) in [4.78, 5) is 4.15. The number of rotatable bonds is 10. The Bertz CT molecular complexity index is 786. The first kappa shape index (κ1) is 25.9. The summed E-state index contributed by atoms with van der Waals surface area (Å²) in [5, 5.41) is 6.31. The van der Waals surface area contributed by atoms with Crippen LogP contribution in [0.15, 0.2) is 23.2 Å². The molecule has 10 heteroatoms. The molecule has 0 radical (unpaired) electrons. The second-order valence-electron chi connectivity index (χ2n) is 7.33. The van der Waals surface area contributed by atoms with Crippen LogP contribution in [0.1, 0.15) is 31.2 Å². The molecule has 1 fully saturated rings. The first-order chi connectivity index (χ1) is 13.3. The van der Waals surface area contributed by atoms with E-state index in [9.17, 15) is 12.8 Å². The largest absolute Gasteiger partial charge is 0.385 e. The van der Waals surface area contributed by atoms with Crippen LogP contribution in [0.25, 0.3) is 0 Å². The van der Waals surface area contributed by atoms with E-state index in [-0.39, 0.29) is 47.4 Å². The second kappa shape index (κ2) is 11.9. The molecule has 1 aromatic rings.